The van der Waals surface area contributed by atoms with Crippen molar-refractivity contribution >= 4 is 17.6 Å². The number of amides is 1. The number of hydrogen-bond acceptors (Lipinski definition) is 6. The first-order chi connectivity index (χ1) is 15.9. The first kappa shape index (κ1) is 24.6. The Bertz CT molecular complexity index is 929. The Balaban J connectivity index is 1.83. The number of cyclic esters (lactones) is 1. The number of rotatable bonds is 3. The van der Waals surface area contributed by atoms with E-state index in [4.69, 9.17) is 9.57 Å². The molecule has 2 aliphatic rings. The topological polar surface area (TPSA) is 88.4 Å². The van der Waals surface area contributed by atoms with Crippen LogP contribution < -0.4 is 0 Å². The Morgan fingerprint density at radius 2 is 1.94 bits per heavy atom. The van der Waals surface area contributed by atoms with Crippen LogP contribution in [0.5, 0.6) is 5.75 Å². The number of aryl methyl sites for hydroxylation is 1. The molecule has 1 saturated heterocycles. The molecule has 7 heteroatoms. The highest BCUT2D eigenvalue weighted by molar-refractivity contribution is 6.00. The Morgan fingerprint density at radius 1 is 1.18 bits per heavy atom. The quantitative estimate of drug-likeness (QED) is 0.414. The Kier molecular flexibility index (Phi) is 9.10. The predicted molar refractivity (Wildman–Crippen MR) is 127 cm³/mol. The molecule has 7 nitrogen and oxygen atoms in total. The summed E-state index contributed by atoms with van der Waals surface area (Å²) in [6.07, 6.45) is 13.3. The van der Waals surface area contributed by atoms with Crippen molar-refractivity contribution in [1.82, 2.24) is 4.90 Å². The minimum Gasteiger partial charge on any atom is -0.507 e. The molecule has 0 radical (unpaired) electrons. The molecule has 1 aromatic rings. The largest absolute Gasteiger partial charge is 0.507 e. The summed E-state index contributed by atoms with van der Waals surface area (Å²) in [6.45, 7) is 5.09. The third kappa shape index (κ3) is 7.48. The number of carbonyl (C=O) groups excluding carboxylic acids is 2. The lowest BCUT2D eigenvalue weighted by Crippen LogP contribution is -2.37. The molecule has 0 spiro atoms. The van der Waals surface area contributed by atoms with Crippen molar-refractivity contribution in [1.29, 1.82) is 0 Å². The maximum absolute atomic E-state index is 12.9. The summed E-state index contributed by atoms with van der Waals surface area (Å²) in [7, 11) is 0. The van der Waals surface area contributed by atoms with Gasteiger partial charge in [-0.1, -0.05) is 29.5 Å². The Morgan fingerprint density at radius 3 is 2.73 bits per heavy atom. The molecule has 1 amide bonds. The van der Waals surface area contributed by atoms with Gasteiger partial charge in [-0.05, 0) is 69.2 Å². The molecule has 3 rings (SSSR count). The maximum atomic E-state index is 12.9. The summed E-state index contributed by atoms with van der Waals surface area (Å²) in [5, 5.41) is 14.7. The molecule has 0 saturated carbocycles. The molecule has 1 aromatic carbocycles. The van der Waals surface area contributed by atoms with E-state index in [1.54, 1.807) is 6.07 Å². The highest BCUT2D eigenvalue weighted by Crippen LogP contribution is 2.26. The third-order valence-electron chi connectivity index (χ3n) is 5.75. The Hall–Kier alpha value is -3.09. The average molecular weight is 455 g/mol. The smallest absolute Gasteiger partial charge is 0.342 e. The van der Waals surface area contributed by atoms with Gasteiger partial charge in [0, 0.05) is 25.9 Å². The van der Waals surface area contributed by atoms with Gasteiger partial charge in [0.05, 0.1) is 5.71 Å². The fourth-order valence-electron chi connectivity index (χ4n) is 4.05. The zero-order valence-corrected chi connectivity index (χ0v) is 19.6. The third-order valence-corrected chi connectivity index (χ3v) is 5.75. The minimum absolute atomic E-state index is 0.0690. The number of hydrogen-bond donors (Lipinski definition) is 1. The number of esters is 1. The standard InChI is InChI=1S/C26H34N2O5/c1-19-15-21-17-22(27-32-18-24(30)28-13-9-6-10-14-28)12-8-5-3-4-7-11-20(2)33-26(31)25(21)23(29)16-19/h4,7-8,12,15-16,20,29H,3,5-6,9-11,13-14,17-18H2,1-2H3/b7-4+,12-8+,27-22-/t20-/m1/s1. The number of likely N-dealkylation sites (tertiary alicyclic amines) is 1. The first-order valence-corrected chi connectivity index (χ1v) is 11.8. The molecule has 1 fully saturated rings. The number of nitrogens with zero attached hydrogens (tertiary/aromatic N) is 2. The molecular weight excluding hydrogens is 420 g/mol. The van der Waals surface area contributed by atoms with Crippen LogP contribution in [0.25, 0.3) is 0 Å². The summed E-state index contributed by atoms with van der Waals surface area (Å²) in [6, 6.07) is 3.39. The van der Waals surface area contributed by atoms with E-state index in [2.05, 4.69) is 11.2 Å². The summed E-state index contributed by atoms with van der Waals surface area (Å²) in [4.78, 5) is 32.5. The van der Waals surface area contributed by atoms with Crippen LogP contribution in [0.3, 0.4) is 0 Å². The number of fused-ring (bicyclic) bond motifs is 1. The van der Waals surface area contributed by atoms with Crippen LogP contribution >= 0.6 is 0 Å². The SMILES string of the molecule is Cc1cc(O)c2c(c1)CC(=N\OCC(=O)N1CCCCC1)/C=C/CC/C=C/C[C@@H](C)OC2=O. The number of carbonyl (C=O) groups is 2. The molecule has 0 aliphatic carbocycles. The lowest BCUT2D eigenvalue weighted by atomic mass is 9.98. The van der Waals surface area contributed by atoms with Crippen LogP contribution in [0.4, 0.5) is 0 Å². The number of phenolic OH excluding ortho intramolecular Hbond substituents is 1. The van der Waals surface area contributed by atoms with Crippen molar-refractivity contribution in [2.75, 3.05) is 19.7 Å². The zero-order valence-electron chi connectivity index (χ0n) is 19.6. The van der Waals surface area contributed by atoms with Crippen LogP contribution in [-0.2, 0) is 20.8 Å². The molecule has 0 unspecified atom stereocenters. The lowest BCUT2D eigenvalue weighted by molar-refractivity contribution is -0.137. The zero-order chi connectivity index (χ0) is 23.6. The molecule has 2 heterocycles. The van der Waals surface area contributed by atoms with Gasteiger partial charge in [-0.2, -0.15) is 0 Å². The second-order valence-electron chi connectivity index (χ2n) is 8.70. The number of ether oxygens (including phenoxy) is 1. The van der Waals surface area contributed by atoms with E-state index in [-0.39, 0.29) is 36.4 Å². The van der Waals surface area contributed by atoms with E-state index in [1.165, 1.54) is 0 Å². The predicted octanol–water partition coefficient (Wildman–Crippen LogP) is 4.47. The van der Waals surface area contributed by atoms with Crippen LogP contribution in [0.2, 0.25) is 0 Å². The minimum atomic E-state index is -0.565. The lowest BCUT2D eigenvalue weighted by Gasteiger charge is -2.26. The summed E-state index contributed by atoms with van der Waals surface area (Å²) < 4.78 is 5.57. The van der Waals surface area contributed by atoms with E-state index < -0.39 is 5.97 Å². The number of piperidine rings is 1. The molecule has 0 bridgehead atoms. The van der Waals surface area contributed by atoms with Crippen molar-refractivity contribution in [2.45, 2.75) is 64.9 Å². The van der Waals surface area contributed by atoms with Crippen LogP contribution in [0.1, 0.15) is 66.9 Å². The monoisotopic (exact) mass is 454 g/mol. The van der Waals surface area contributed by atoms with Crippen LogP contribution in [-0.4, -0.2) is 53.4 Å². The van der Waals surface area contributed by atoms with Gasteiger partial charge in [-0.3, -0.25) is 4.79 Å². The molecule has 33 heavy (non-hydrogen) atoms. The fraction of sp³-hybridized carbons (Fsp3) is 0.500. The van der Waals surface area contributed by atoms with Crippen LogP contribution in [0.15, 0.2) is 41.6 Å². The highest BCUT2D eigenvalue weighted by Gasteiger charge is 2.22. The van der Waals surface area contributed by atoms with Crippen molar-refractivity contribution < 1.29 is 24.3 Å². The molecule has 2 aliphatic heterocycles. The molecule has 1 atom stereocenters. The molecule has 1 N–H and O–H groups in total. The van der Waals surface area contributed by atoms with Crippen molar-refractivity contribution in [3.05, 3.63) is 53.1 Å². The first-order valence-electron chi connectivity index (χ1n) is 11.8. The van der Waals surface area contributed by atoms with Crippen molar-refractivity contribution in [3.63, 3.8) is 0 Å². The molecule has 178 valence electrons. The van der Waals surface area contributed by atoms with Gasteiger partial charge in [0.25, 0.3) is 5.91 Å². The number of allylic oxidation sites excluding steroid dienone is 3. The van der Waals surface area contributed by atoms with Crippen LogP contribution in [0, 0.1) is 6.92 Å². The van der Waals surface area contributed by atoms with E-state index in [1.807, 2.05) is 43.0 Å². The van der Waals surface area contributed by atoms with Gasteiger partial charge < -0.3 is 19.6 Å². The van der Waals surface area contributed by atoms with E-state index in [0.717, 1.165) is 50.8 Å². The van der Waals surface area contributed by atoms with Crippen molar-refractivity contribution in [2.24, 2.45) is 5.16 Å². The normalized spacial score (nSPS) is 23.2. The summed E-state index contributed by atoms with van der Waals surface area (Å²) in [5.74, 6) is -0.750. The van der Waals surface area contributed by atoms with Gasteiger partial charge in [0.1, 0.15) is 17.4 Å². The fourth-order valence-corrected chi connectivity index (χ4v) is 4.05. The van der Waals surface area contributed by atoms with Gasteiger partial charge in [0.2, 0.25) is 0 Å². The van der Waals surface area contributed by atoms with Gasteiger partial charge >= 0.3 is 5.97 Å². The maximum Gasteiger partial charge on any atom is 0.342 e. The van der Waals surface area contributed by atoms with Crippen molar-refractivity contribution in [3.8, 4) is 5.75 Å². The average Bonchev–Trinajstić information content (AvgIpc) is 2.77. The highest BCUT2D eigenvalue weighted by atomic mass is 16.6. The number of phenols is 1. The van der Waals surface area contributed by atoms with Gasteiger partial charge in [-0.15, -0.1) is 0 Å². The second kappa shape index (κ2) is 12.2. The summed E-state index contributed by atoms with van der Waals surface area (Å²) >= 11 is 0. The molecule has 0 aromatic heterocycles. The Labute approximate surface area is 195 Å². The second-order valence-corrected chi connectivity index (χ2v) is 8.70. The summed E-state index contributed by atoms with van der Waals surface area (Å²) in [5.41, 5.74) is 2.13. The number of oxime groups is 1. The van der Waals surface area contributed by atoms with E-state index >= 15 is 0 Å². The van der Waals surface area contributed by atoms with Gasteiger partial charge in [0.15, 0.2) is 6.61 Å². The number of aromatic hydroxyl groups is 1. The van der Waals surface area contributed by atoms with Gasteiger partial charge in [-0.25, -0.2) is 4.79 Å². The van der Waals surface area contributed by atoms with E-state index in [9.17, 15) is 14.7 Å². The molecular formula is C26H34N2O5. The number of benzene rings is 1. The van der Waals surface area contributed by atoms with E-state index in [0.29, 0.717) is 17.7 Å².